The van der Waals surface area contributed by atoms with Crippen molar-refractivity contribution in [1.82, 2.24) is 10.6 Å². The zero-order valence-corrected chi connectivity index (χ0v) is 14.1. The van der Waals surface area contributed by atoms with Gasteiger partial charge in [-0.2, -0.15) is 11.3 Å². The largest absolute Gasteiger partial charge is 0.492 e. The Labute approximate surface area is 145 Å². The summed E-state index contributed by atoms with van der Waals surface area (Å²) in [5.74, 6) is 0.773. The van der Waals surface area contributed by atoms with Gasteiger partial charge in [-0.3, -0.25) is 0 Å². The van der Waals surface area contributed by atoms with Crippen LogP contribution >= 0.6 is 11.3 Å². The highest BCUT2D eigenvalue weighted by Crippen LogP contribution is 2.19. The smallest absolute Gasteiger partial charge is 0.315 e. The van der Waals surface area contributed by atoms with Crippen molar-refractivity contribution in [3.63, 3.8) is 0 Å². The summed E-state index contributed by atoms with van der Waals surface area (Å²) in [4.78, 5) is 11.8. The summed E-state index contributed by atoms with van der Waals surface area (Å²) >= 11 is 1.56. The minimum Gasteiger partial charge on any atom is -0.492 e. The Kier molecular flexibility index (Phi) is 8.09. The van der Waals surface area contributed by atoms with Crippen LogP contribution in [-0.2, 0) is 4.74 Å². The number of aliphatic hydroxyl groups excluding tert-OH is 1. The number of carbonyl (C=O) groups excluding carboxylic acids is 1. The number of urea groups is 1. The number of para-hydroxylation sites is 1. The van der Waals surface area contributed by atoms with Gasteiger partial charge in [0, 0.05) is 6.54 Å². The number of aliphatic hydroxyl groups is 1. The predicted octanol–water partition coefficient (Wildman–Crippen LogP) is 2.18. The molecule has 0 aliphatic carbocycles. The van der Waals surface area contributed by atoms with Gasteiger partial charge >= 0.3 is 6.03 Å². The fraction of sp³-hybridized carbons (Fsp3) is 0.353. The van der Waals surface area contributed by atoms with Crippen molar-refractivity contribution in [2.24, 2.45) is 0 Å². The van der Waals surface area contributed by atoms with Gasteiger partial charge in [-0.15, -0.1) is 0 Å². The van der Waals surface area contributed by atoms with E-state index in [2.05, 4.69) is 10.6 Å². The first kappa shape index (κ1) is 18.3. The van der Waals surface area contributed by atoms with Gasteiger partial charge in [-0.05, 0) is 34.5 Å². The first-order valence-electron chi connectivity index (χ1n) is 7.73. The zero-order chi connectivity index (χ0) is 17.0. The van der Waals surface area contributed by atoms with Crippen LogP contribution in [0, 0.1) is 0 Å². The Bertz CT molecular complexity index is 578. The monoisotopic (exact) mass is 350 g/mol. The van der Waals surface area contributed by atoms with Crippen molar-refractivity contribution >= 4 is 17.4 Å². The van der Waals surface area contributed by atoms with Crippen LogP contribution < -0.4 is 15.4 Å². The van der Waals surface area contributed by atoms with Crippen LogP contribution in [0.25, 0.3) is 0 Å². The van der Waals surface area contributed by atoms with E-state index >= 15 is 0 Å². The topological polar surface area (TPSA) is 79.8 Å². The van der Waals surface area contributed by atoms with Gasteiger partial charge in [-0.25, -0.2) is 4.79 Å². The van der Waals surface area contributed by atoms with E-state index in [1.165, 1.54) is 0 Å². The number of nitrogens with one attached hydrogen (secondary N) is 2. The molecule has 24 heavy (non-hydrogen) atoms. The Balaban J connectivity index is 1.65. The summed E-state index contributed by atoms with van der Waals surface area (Å²) in [5.41, 5.74) is 0.987. The predicted molar refractivity (Wildman–Crippen MR) is 93.4 cm³/mol. The molecule has 2 rings (SSSR count). The number of hydrogen-bond donors (Lipinski definition) is 3. The van der Waals surface area contributed by atoms with Gasteiger partial charge in [0.25, 0.3) is 0 Å². The molecular weight excluding hydrogens is 328 g/mol. The standard InChI is InChI=1S/C17H22N2O4S/c20-8-10-23-16(14-6-11-24-13-14)12-19-17(21)18-7-9-22-15-4-2-1-3-5-15/h1-6,11,13,16,20H,7-10,12H2,(H2,18,19,21)/t16-/m0/s1. The lowest BCUT2D eigenvalue weighted by molar-refractivity contribution is 0.0297. The van der Waals surface area contributed by atoms with E-state index in [-0.39, 0.29) is 25.3 Å². The van der Waals surface area contributed by atoms with E-state index in [4.69, 9.17) is 14.6 Å². The van der Waals surface area contributed by atoms with Crippen molar-refractivity contribution in [2.75, 3.05) is 32.9 Å². The lowest BCUT2D eigenvalue weighted by atomic mass is 10.2. The molecule has 0 bridgehead atoms. The fourth-order valence-electron chi connectivity index (χ4n) is 2.02. The molecule has 2 aromatic rings. The molecule has 0 saturated carbocycles. The lowest BCUT2D eigenvalue weighted by Crippen LogP contribution is -2.40. The maximum atomic E-state index is 11.8. The van der Waals surface area contributed by atoms with Crippen LogP contribution in [-0.4, -0.2) is 44.0 Å². The molecule has 0 spiro atoms. The van der Waals surface area contributed by atoms with Crippen molar-refractivity contribution in [2.45, 2.75) is 6.10 Å². The van der Waals surface area contributed by atoms with Gasteiger partial charge < -0.3 is 25.2 Å². The summed E-state index contributed by atoms with van der Waals surface area (Å²) < 4.78 is 11.1. The number of rotatable bonds is 10. The maximum Gasteiger partial charge on any atom is 0.315 e. The molecule has 130 valence electrons. The minimum absolute atomic E-state index is 0.0519. The van der Waals surface area contributed by atoms with Gasteiger partial charge in [0.05, 0.1) is 19.8 Å². The normalized spacial score (nSPS) is 11.7. The van der Waals surface area contributed by atoms with Gasteiger partial charge in [-0.1, -0.05) is 18.2 Å². The quantitative estimate of drug-likeness (QED) is 0.574. The van der Waals surface area contributed by atoms with E-state index < -0.39 is 0 Å². The van der Waals surface area contributed by atoms with Crippen molar-refractivity contribution in [1.29, 1.82) is 0 Å². The number of ether oxygens (including phenoxy) is 2. The highest BCUT2D eigenvalue weighted by Gasteiger charge is 2.13. The van der Waals surface area contributed by atoms with E-state index in [1.807, 2.05) is 47.2 Å². The molecule has 1 atom stereocenters. The van der Waals surface area contributed by atoms with E-state index in [1.54, 1.807) is 11.3 Å². The molecule has 3 N–H and O–H groups in total. The van der Waals surface area contributed by atoms with E-state index in [9.17, 15) is 4.79 Å². The van der Waals surface area contributed by atoms with Gasteiger partial charge in [0.15, 0.2) is 0 Å². The average Bonchev–Trinajstić information content (AvgIpc) is 3.14. The minimum atomic E-state index is -0.278. The third-order valence-corrected chi connectivity index (χ3v) is 3.87. The number of amides is 2. The molecule has 2 amide bonds. The first-order valence-corrected chi connectivity index (χ1v) is 8.68. The van der Waals surface area contributed by atoms with Crippen LogP contribution in [0.4, 0.5) is 4.79 Å². The van der Waals surface area contributed by atoms with Crippen LogP contribution in [0.5, 0.6) is 5.75 Å². The molecule has 6 nitrogen and oxygen atoms in total. The molecule has 7 heteroatoms. The maximum absolute atomic E-state index is 11.8. The zero-order valence-electron chi connectivity index (χ0n) is 13.3. The first-order chi connectivity index (χ1) is 11.8. The molecular formula is C17H22N2O4S. The molecule has 1 heterocycles. The second-order valence-corrected chi connectivity index (χ2v) is 5.72. The van der Waals surface area contributed by atoms with Crippen LogP contribution in [0.1, 0.15) is 11.7 Å². The number of benzene rings is 1. The SMILES string of the molecule is O=C(NCCOc1ccccc1)NC[C@H](OCCO)c1ccsc1. The third kappa shape index (κ3) is 6.57. The third-order valence-electron chi connectivity index (χ3n) is 3.17. The Morgan fingerprint density at radius 3 is 2.71 bits per heavy atom. The molecule has 0 fully saturated rings. The van der Waals surface area contributed by atoms with Gasteiger partial charge in [0.1, 0.15) is 18.5 Å². The number of hydrogen-bond acceptors (Lipinski definition) is 5. The van der Waals surface area contributed by atoms with Crippen molar-refractivity contribution in [3.8, 4) is 5.75 Å². The highest BCUT2D eigenvalue weighted by molar-refractivity contribution is 7.07. The van der Waals surface area contributed by atoms with Crippen LogP contribution in [0.2, 0.25) is 0 Å². The number of carbonyl (C=O) groups is 1. The Morgan fingerprint density at radius 2 is 2.00 bits per heavy atom. The highest BCUT2D eigenvalue weighted by atomic mass is 32.1. The summed E-state index contributed by atoms with van der Waals surface area (Å²) in [7, 11) is 0. The molecule has 1 aromatic heterocycles. The van der Waals surface area contributed by atoms with Crippen molar-refractivity contribution in [3.05, 3.63) is 52.7 Å². The molecule has 0 saturated heterocycles. The molecule has 0 aliphatic heterocycles. The summed E-state index contributed by atoms with van der Waals surface area (Å²) in [6, 6.07) is 11.1. The van der Waals surface area contributed by atoms with Crippen LogP contribution in [0.3, 0.4) is 0 Å². The molecule has 0 aliphatic rings. The van der Waals surface area contributed by atoms with Crippen LogP contribution in [0.15, 0.2) is 47.2 Å². The molecule has 0 unspecified atom stereocenters. The second-order valence-electron chi connectivity index (χ2n) is 4.94. The van der Waals surface area contributed by atoms with E-state index in [0.29, 0.717) is 19.7 Å². The Morgan fingerprint density at radius 1 is 1.17 bits per heavy atom. The fourth-order valence-corrected chi connectivity index (χ4v) is 2.73. The second kappa shape index (κ2) is 10.6. The summed E-state index contributed by atoms with van der Waals surface area (Å²) in [6.45, 7) is 1.31. The van der Waals surface area contributed by atoms with E-state index in [0.717, 1.165) is 11.3 Å². The number of thiophene rings is 1. The molecule has 1 aromatic carbocycles. The average molecular weight is 350 g/mol. The Hall–Kier alpha value is -2.09. The van der Waals surface area contributed by atoms with Gasteiger partial charge in [0.2, 0.25) is 0 Å². The summed E-state index contributed by atoms with van der Waals surface area (Å²) in [6.07, 6.45) is -0.269. The summed E-state index contributed by atoms with van der Waals surface area (Å²) in [5, 5.41) is 18.3. The van der Waals surface area contributed by atoms with Crippen molar-refractivity contribution < 1.29 is 19.4 Å². The molecule has 0 radical (unpaired) electrons. The lowest BCUT2D eigenvalue weighted by Gasteiger charge is -2.17.